The van der Waals surface area contributed by atoms with Gasteiger partial charge >= 0.3 is 0 Å². The Labute approximate surface area is 59.3 Å². The monoisotopic (exact) mass is 146 g/mol. The minimum absolute atomic E-state index is 0.394. The van der Waals surface area contributed by atoms with Crippen LogP contribution >= 0.6 is 12.3 Å². The van der Waals surface area contributed by atoms with Crippen LogP contribution in [0.1, 0.15) is 19.8 Å². The van der Waals surface area contributed by atoms with Gasteiger partial charge in [0.05, 0.1) is 0 Å². The SMILES string of the molecule is CC1CC2OSOC2C1. The molecule has 2 nitrogen and oxygen atoms in total. The van der Waals surface area contributed by atoms with Crippen molar-refractivity contribution < 1.29 is 8.37 Å². The van der Waals surface area contributed by atoms with Gasteiger partial charge < -0.3 is 0 Å². The predicted octanol–water partition coefficient (Wildman–Crippen LogP) is 1.76. The van der Waals surface area contributed by atoms with Gasteiger partial charge in [-0.15, -0.1) is 0 Å². The van der Waals surface area contributed by atoms with Gasteiger partial charge in [0.1, 0.15) is 12.2 Å². The molecule has 0 amide bonds. The fourth-order valence-electron chi connectivity index (χ4n) is 1.52. The molecule has 9 heavy (non-hydrogen) atoms. The molecule has 2 rings (SSSR count). The Balaban J connectivity index is 2.02. The normalized spacial score (nSPS) is 49.7. The van der Waals surface area contributed by atoms with E-state index in [4.69, 9.17) is 8.37 Å². The van der Waals surface area contributed by atoms with Gasteiger partial charge in [-0.1, -0.05) is 6.92 Å². The van der Waals surface area contributed by atoms with E-state index in [-0.39, 0.29) is 0 Å². The molecule has 1 heterocycles. The molecule has 3 heteroatoms. The molecular formula is C6H10O2S. The van der Waals surface area contributed by atoms with E-state index in [0.29, 0.717) is 12.2 Å². The summed E-state index contributed by atoms with van der Waals surface area (Å²) < 4.78 is 10.5. The summed E-state index contributed by atoms with van der Waals surface area (Å²) in [5, 5.41) is 0. The van der Waals surface area contributed by atoms with Crippen LogP contribution in [0.5, 0.6) is 0 Å². The van der Waals surface area contributed by atoms with Gasteiger partial charge in [-0.3, -0.25) is 8.37 Å². The third-order valence-electron chi connectivity index (χ3n) is 2.01. The van der Waals surface area contributed by atoms with Crippen molar-refractivity contribution in [2.45, 2.75) is 32.0 Å². The highest BCUT2D eigenvalue weighted by Crippen LogP contribution is 2.39. The molecule has 2 aliphatic rings. The summed E-state index contributed by atoms with van der Waals surface area (Å²) in [4.78, 5) is 0. The number of rotatable bonds is 0. The molecule has 0 spiro atoms. The van der Waals surface area contributed by atoms with Crippen LogP contribution in [-0.4, -0.2) is 12.2 Å². The molecule has 2 atom stereocenters. The predicted molar refractivity (Wildman–Crippen MR) is 35.7 cm³/mol. The van der Waals surface area contributed by atoms with E-state index in [2.05, 4.69) is 6.92 Å². The first kappa shape index (κ1) is 6.01. The lowest BCUT2D eigenvalue weighted by molar-refractivity contribution is 0.187. The third kappa shape index (κ3) is 0.974. The Kier molecular flexibility index (Phi) is 1.43. The molecule has 0 bridgehead atoms. The van der Waals surface area contributed by atoms with E-state index in [1.54, 1.807) is 0 Å². The highest BCUT2D eigenvalue weighted by atomic mass is 32.2. The maximum Gasteiger partial charge on any atom is 0.159 e. The highest BCUT2D eigenvalue weighted by Gasteiger charge is 2.39. The standard InChI is InChI=1S/C6H10O2S/c1-4-2-5-6(3-4)8-9-7-5/h4-6H,2-3H2,1H3. The van der Waals surface area contributed by atoms with Gasteiger partial charge in [0.25, 0.3) is 0 Å². The van der Waals surface area contributed by atoms with Gasteiger partial charge in [-0.25, -0.2) is 0 Å². The zero-order valence-electron chi connectivity index (χ0n) is 5.37. The fraction of sp³-hybridized carbons (Fsp3) is 1.00. The lowest BCUT2D eigenvalue weighted by Crippen LogP contribution is -2.13. The van der Waals surface area contributed by atoms with E-state index >= 15 is 0 Å². The Morgan fingerprint density at radius 1 is 1.22 bits per heavy atom. The minimum atomic E-state index is 0.394. The van der Waals surface area contributed by atoms with Crippen LogP contribution in [0.3, 0.4) is 0 Å². The zero-order chi connectivity index (χ0) is 6.27. The molecule has 1 saturated heterocycles. The maximum atomic E-state index is 5.24. The average Bonchev–Trinajstić information content (AvgIpc) is 2.22. The van der Waals surface area contributed by atoms with Crippen molar-refractivity contribution in [1.29, 1.82) is 0 Å². The van der Waals surface area contributed by atoms with Crippen LogP contribution in [0.4, 0.5) is 0 Å². The van der Waals surface area contributed by atoms with Gasteiger partial charge in [0, 0.05) is 0 Å². The summed E-state index contributed by atoms with van der Waals surface area (Å²) in [5.41, 5.74) is 0. The Morgan fingerprint density at radius 3 is 2.33 bits per heavy atom. The first-order valence-corrected chi connectivity index (χ1v) is 4.02. The Bertz CT molecular complexity index is 106. The third-order valence-corrected chi connectivity index (χ3v) is 2.66. The smallest absolute Gasteiger partial charge is 0.159 e. The van der Waals surface area contributed by atoms with Crippen LogP contribution in [0, 0.1) is 5.92 Å². The van der Waals surface area contributed by atoms with Gasteiger partial charge in [0.2, 0.25) is 0 Å². The molecule has 0 aromatic heterocycles. The van der Waals surface area contributed by atoms with Gasteiger partial charge in [-0.2, -0.15) is 0 Å². The quantitative estimate of drug-likeness (QED) is 0.485. The summed E-state index contributed by atoms with van der Waals surface area (Å²) in [5.74, 6) is 0.792. The van der Waals surface area contributed by atoms with Crippen LogP contribution in [-0.2, 0) is 8.37 Å². The number of fused-ring (bicyclic) bond motifs is 1. The fourth-order valence-corrected chi connectivity index (χ4v) is 2.17. The second-order valence-corrected chi connectivity index (χ2v) is 3.43. The maximum absolute atomic E-state index is 5.24. The molecule has 1 saturated carbocycles. The molecule has 0 aromatic rings. The number of hydrogen-bond donors (Lipinski definition) is 0. The molecule has 0 N–H and O–H groups in total. The Hall–Kier alpha value is 0.270. The molecule has 1 aliphatic heterocycles. The van der Waals surface area contributed by atoms with E-state index < -0.39 is 0 Å². The van der Waals surface area contributed by atoms with Gasteiger partial charge in [0.15, 0.2) is 12.3 Å². The minimum Gasteiger partial charge on any atom is -0.285 e. The van der Waals surface area contributed by atoms with Gasteiger partial charge in [-0.05, 0) is 18.8 Å². The lowest BCUT2D eigenvalue weighted by atomic mass is 10.1. The number of hydrogen-bond acceptors (Lipinski definition) is 3. The van der Waals surface area contributed by atoms with E-state index in [1.165, 1.54) is 25.2 Å². The lowest BCUT2D eigenvalue weighted by Gasteiger charge is -1.99. The summed E-state index contributed by atoms with van der Waals surface area (Å²) >= 11 is 1.17. The van der Waals surface area contributed by atoms with Crippen molar-refractivity contribution in [2.75, 3.05) is 0 Å². The van der Waals surface area contributed by atoms with Crippen molar-refractivity contribution in [3.05, 3.63) is 0 Å². The van der Waals surface area contributed by atoms with Crippen LogP contribution in [0.25, 0.3) is 0 Å². The van der Waals surface area contributed by atoms with Crippen LogP contribution in [0.15, 0.2) is 0 Å². The van der Waals surface area contributed by atoms with Crippen LogP contribution < -0.4 is 0 Å². The molecule has 52 valence electrons. The van der Waals surface area contributed by atoms with E-state index in [0.717, 1.165) is 5.92 Å². The zero-order valence-corrected chi connectivity index (χ0v) is 6.19. The molecule has 1 aliphatic carbocycles. The molecule has 0 aromatic carbocycles. The van der Waals surface area contributed by atoms with Crippen molar-refractivity contribution in [1.82, 2.24) is 0 Å². The topological polar surface area (TPSA) is 18.5 Å². The largest absolute Gasteiger partial charge is 0.285 e. The van der Waals surface area contributed by atoms with Crippen molar-refractivity contribution in [2.24, 2.45) is 5.92 Å². The van der Waals surface area contributed by atoms with Crippen LogP contribution in [0.2, 0.25) is 0 Å². The van der Waals surface area contributed by atoms with Crippen molar-refractivity contribution in [3.63, 3.8) is 0 Å². The summed E-state index contributed by atoms with van der Waals surface area (Å²) in [7, 11) is 0. The van der Waals surface area contributed by atoms with E-state index in [9.17, 15) is 0 Å². The molecule has 2 unspecified atom stereocenters. The summed E-state index contributed by atoms with van der Waals surface area (Å²) in [6.07, 6.45) is 3.14. The molecular weight excluding hydrogens is 136 g/mol. The highest BCUT2D eigenvalue weighted by molar-refractivity contribution is 7.90. The van der Waals surface area contributed by atoms with Crippen molar-refractivity contribution >= 4 is 12.3 Å². The molecule has 2 fully saturated rings. The Morgan fingerprint density at radius 2 is 1.78 bits per heavy atom. The first-order valence-electron chi connectivity index (χ1n) is 3.35. The second-order valence-electron chi connectivity index (χ2n) is 2.91. The first-order chi connectivity index (χ1) is 4.36. The second kappa shape index (κ2) is 2.15. The molecule has 0 radical (unpaired) electrons. The summed E-state index contributed by atoms with van der Waals surface area (Å²) in [6, 6.07) is 0. The van der Waals surface area contributed by atoms with E-state index in [1.807, 2.05) is 0 Å². The van der Waals surface area contributed by atoms with Crippen molar-refractivity contribution in [3.8, 4) is 0 Å². The average molecular weight is 146 g/mol. The summed E-state index contributed by atoms with van der Waals surface area (Å²) in [6.45, 7) is 2.25.